The van der Waals surface area contributed by atoms with Crippen molar-refractivity contribution in [3.63, 3.8) is 0 Å². The third-order valence-corrected chi connectivity index (χ3v) is 3.19. The molecule has 0 aliphatic carbocycles. The fourth-order valence-electron chi connectivity index (χ4n) is 2.04. The predicted octanol–water partition coefficient (Wildman–Crippen LogP) is 1.89. The Kier molecular flexibility index (Phi) is 5.48. The van der Waals surface area contributed by atoms with E-state index in [1.807, 2.05) is 19.1 Å². The van der Waals surface area contributed by atoms with Crippen LogP contribution in [0, 0.1) is 6.92 Å². The fraction of sp³-hybridized carbons (Fsp3) is 0.400. The van der Waals surface area contributed by atoms with Crippen molar-refractivity contribution in [1.29, 1.82) is 0 Å². The van der Waals surface area contributed by atoms with E-state index in [4.69, 9.17) is 9.26 Å². The van der Waals surface area contributed by atoms with Gasteiger partial charge in [0.1, 0.15) is 5.76 Å². The Labute approximate surface area is 129 Å². The number of ether oxygens (including phenoxy) is 1. The number of aryl methyl sites for hydroxylation is 1. The van der Waals surface area contributed by atoms with Gasteiger partial charge in [-0.05, 0) is 19.4 Å². The maximum Gasteiger partial charge on any atom is 0.242 e. The van der Waals surface area contributed by atoms with Gasteiger partial charge in [-0.3, -0.25) is 4.79 Å². The summed E-state index contributed by atoms with van der Waals surface area (Å²) in [6.45, 7) is 4.19. The second-order valence-corrected chi connectivity index (χ2v) is 4.83. The van der Waals surface area contributed by atoms with E-state index in [2.05, 4.69) is 20.8 Å². The van der Waals surface area contributed by atoms with Crippen molar-refractivity contribution in [2.75, 3.05) is 12.4 Å². The minimum Gasteiger partial charge on any atom is -0.481 e. The second kappa shape index (κ2) is 7.56. The smallest absolute Gasteiger partial charge is 0.242 e. The summed E-state index contributed by atoms with van der Waals surface area (Å²) in [4.78, 5) is 16.4. The Morgan fingerprint density at radius 2 is 2.32 bits per heavy atom. The molecule has 0 aliphatic heterocycles. The Morgan fingerprint density at radius 1 is 1.50 bits per heavy atom. The van der Waals surface area contributed by atoms with Crippen LogP contribution in [-0.4, -0.2) is 29.2 Å². The lowest BCUT2D eigenvalue weighted by Crippen LogP contribution is -2.39. The average molecular weight is 304 g/mol. The van der Waals surface area contributed by atoms with E-state index in [-0.39, 0.29) is 11.9 Å². The van der Waals surface area contributed by atoms with Gasteiger partial charge >= 0.3 is 0 Å². The molecule has 7 heteroatoms. The molecule has 0 spiro atoms. The maximum atomic E-state index is 12.2. The Hall–Kier alpha value is -2.41. The first kappa shape index (κ1) is 16.0. The van der Waals surface area contributed by atoms with Crippen molar-refractivity contribution in [2.45, 2.75) is 32.9 Å². The maximum absolute atomic E-state index is 12.2. The minimum atomic E-state index is -0.345. The van der Waals surface area contributed by atoms with Gasteiger partial charge in [-0.25, -0.2) is 4.98 Å². The number of carbonyl (C=O) groups is 1. The Balaban J connectivity index is 1.95. The van der Waals surface area contributed by atoms with Gasteiger partial charge in [-0.1, -0.05) is 18.1 Å². The standard InChI is InChI=1S/C15H20N4O3/c1-4-12(14(20)18-13-8-10(2)22-19-13)17-9-11-6-5-7-16-15(11)21-3/h5-8,12,17H,4,9H2,1-3H3,(H,18,19,20)/t12-/m1/s1. The van der Waals surface area contributed by atoms with Crippen LogP contribution < -0.4 is 15.4 Å². The molecule has 0 fully saturated rings. The number of methoxy groups -OCH3 is 1. The van der Waals surface area contributed by atoms with Crippen molar-refractivity contribution in [3.8, 4) is 5.88 Å². The van der Waals surface area contributed by atoms with Gasteiger partial charge in [0.25, 0.3) is 0 Å². The molecule has 2 aromatic heterocycles. The van der Waals surface area contributed by atoms with E-state index in [0.29, 0.717) is 30.4 Å². The largest absolute Gasteiger partial charge is 0.481 e. The first-order chi connectivity index (χ1) is 10.6. The van der Waals surface area contributed by atoms with Crippen molar-refractivity contribution in [2.24, 2.45) is 0 Å². The summed E-state index contributed by atoms with van der Waals surface area (Å²) >= 11 is 0. The van der Waals surface area contributed by atoms with Crippen molar-refractivity contribution in [3.05, 3.63) is 35.7 Å². The molecule has 0 unspecified atom stereocenters. The second-order valence-electron chi connectivity index (χ2n) is 4.83. The molecule has 0 saturated carbocycles. The number of hydrogen-bond acceptors (Lipinski definition) is 6. The molecule has 0 bridgehead atoms. The molecule has 2 N–H and O–H groups in total. The molecule has 0 aliphatic rings. The SMILES string of the molecule is CC[C@@H](NCc1cccnc1OC)C(=O)Nc1cc(C)on1. The highest BCUT2D eigenvalue weighted by Gasteiger charge is 2.18. The van der Waals surface area contributed by atoms with Gasteiger partial charge in [-0.15, -0.1) is 0 Å². The third kappa shape index (κ3) is 4.05. The quantitative estimate of drug-likeness (QED) is 0.812. The minimum absolute atomic E-state index is 0.154. The summed E-state index contributed by atoms with van der Waals surface area (Å²) in [6, 6.07) is 5.07. The number of pyridine rings is 1. The summed E-state index contributed by atoms with van der Waals surface area (Å²) in [5, 5.41) is 9.68. The third-order valence-electron chi connectivity index (χ3n) is 3.19. The highest BCUT2D eigenvalue weighted by Crippen LogP contribution is 2.14. The van der Waals surface area contributed by atoms with Gasteiger partial charge < -0.3 is 19.9 Å². The average Bonchev–Trinajstić information content (AvgIpc) is 2.93. The molecule has 22 heavy (non-hydrogen) atoms. The number of aromatic nitrogens is 2. The molecular formula is C15H20N4O3. The zero-order valence-electron chi connectivity index (χ0n) is 12.9. The van der Waals surface area contributed by atoms with Gasteiger partial charge in [0.15, 0.2) is 5.82 Å². The van der Waals surface area contributed by atoms with E-state index in [0.717, 1.165) is 5.56 Å². The molecule has 0 aromatic carbocycles. The summed E-state index contributed by atoms with van der Waals surface area (Å²) in [5.41, 5.74) is 0.897. The number of anilines is 1. The summed E-state index contributed by atoms with van der Waals surface area (Å²) in [5.74, 6) is 1.47. The van der Waals surface area contributed by atoms with Crippen LogP contribution in [0.15, 0.2) is 28.9 Å². The molecule has 2 aromatic rings. The summed E-state index contributed by atoms with van der Waals surface area (Å²) in [6.07, 6.45) is 2.31. The van der Waals surface area contributed by atoms with Crippen LogP contribution in [-0.2, 0) is 11.3 Å². The number of amides is 1. The zero-order chi connectivity index (χ0) is 15.9. The highest BCUT2D eigenvalue weighted by molar-refractivity contribution is 5.93. The number of nitrogens with zero attached hydrogens (tertiary/aromatic N) is 2. The van der Waals surface area contributed by atoms with E-state index in [1.54, 1.807) is 26.3 Å². The van der Waals surface area contributed by atoms with Crippen LogP contribution in [0.3, 0.4) is 0 Å². The topological polar surface area (TPSA) is 89.3 Å². The molecule has 1 amide bonds. The predicted molar refractivity (Wildman–Crippen MR) is 81.6 cm³/mol. The number of nitrogens with one attached hydrogen (secondary N) is 2. The van der Waals surface area contributed by atoms with Crippen molar-refractivity contribution in [1.82, 2.24) is 15.5 Å². The number of rotatable bonds is 7. The van der Waals surface area contributed by atoms with E-state index < -0.39 is 0 Å². The van der Waals surface area contributed by atoms with Crippen molar-refractivity contribution >= 4 is 11.7 Å². The molecule has 0 radical (unpaired) electrons. The molecular weight excluding hydrogens is 284 g/mol. The summed E-state index contributed by atoms with van der Waals surface area (Å²) < 4.78 is 10.1. The van der Waals surface area contributed by atoms with E-state index in [1.165, 1.54) is 0 Å². The zero-order valence-corrected chi connectivity index (χ0v) is 12.9. The van der Waals surface area contributed by atoms with Gasteiger partial charge in [-0.2, -0.15) is 0 Å². The molecule has 2 rings (SSSR count). The monoisotopic (exact) mass is 304 g/mol. The van der Waals surface area contributed by atoms with Crippen LogP contribution in [0.5, 0.6) is 5.88 Å². The first-order valence-electron chi connectivity index (χ1n) is 7.09. The molecule has 7 nitrogen and oxygen atoms in total. The van der Waals surface area contributed by atoms with Crippen LogP contribution in [0.25, 0.3) is 0 Å². The van der Waals surface area contributed by atoms with Gasteiger partial charge in [0, 0.05) is 24.4 Å². The molecule has 0 saturated heterocycles. The fourth-order valence-corrected chi connectivity index (χ4v) is 2.04. The number of hydrogen-bond donors (Lipinski definition) is 2. The van der Waals surface area contributed by atoms with Gasteiger partial charge in [0.05, 0.1) is 13.2 Å². The normalized spacial score (nSPS) is 12.0. The van der Waals surface area contributed by atoms with Crippen LogP contribution >= 0.6 is 0 Å². The Bertz CT molecular complexity index is 627. The lowest BCUT2D eigenvalue weighted by Gasteiger charge is -2.16. The summed E-state index contributed by atoms with van der Waals surface area (Å²) in [7, 11) is 1.57. The van der Waals surface area contributed by atoms with Crippen LogP contribution in [0.2, 0.25) is 0 Å². The first-order valence-corrected chi connectivity index (χ1v) is 7.09. The Morgan fingerprint density at radius 3 is 2.95 bits per heavy atom. The van der Waals surface area contributed by atoms with E-state index >= 15 is 0 Å². The molecule has 1 atom stereocenters. The van der Waals surface area contributed by atoms with Crippen LogP contribution in [0.4, 0.5) is 5.82 Å². The van der Waals surface area contributed by atoms with Crippen LogP contribution in [0.1, 0.15) is 24.7 Å². The highest BCUT2D eigenvalue weighted by atomic mass is 16.5. The molecule has 118 valence electrons. The van der Waals surface area contributed by atoms with E-state index in [9.17, 15) is 4.79 Å². The lowest BCUT2D eigenvalue weighted by atomic mass is 10.2. The molecule has 2 heterocycles. The van der Waals surface area contributed by atoms with Gasteiger partial charge in [0.2, 0.25) is 11.8 Å². The number of carbonyl (C=O) groups excluding carboxylic acids is 1. The van der Waals surface area contributed by atoms with Crippen molar-refractivity contribution < 1.29 is 14.1 Å². The lowest BCUT2D eigenvalue weighted by molar-refractivity contribution is -0.118.